The van der Waals surface area contributed by atoms with Crippen LogP contribution in [0.4, 0.5) is 0 Å². The van der Waals surface area contributed by atoms with Crippen LogP contribution in [0.3, 0.4) is 0 Å². The first-order valence-corrected chi connectivity index (χ1v) is 10.8. The predicted molar refractivity (Wildman–Crippen MR) is 125 cm³/mol. The molecule has 0 radical (unpaired) electrons. The third-order valence-electron chi connectivity index (χ3n) is 5.63. The van der Waals surface area contributed by atoms with Gasteiger partial charge < -0.3 is 14.2 Å². The van der Waals surface area contributed by atoms with Gasteiger partial charge in [0.1, 0.15) is 18.1 Å². The molecule has 4 heteroatoms. The highest BCUT2D eigenvalue weighted by molar-refractivity contribution is 5.49. The smallest absolute Gasteiger partial charge is 0.188 e. The fourth-order valence-corrected chi connectivity index (χ4v) is 3.70. The molecule has 0 spiro atoms. The van der Waals surface area contributed by atoms with Crippen molar-refractivity contribution in [2.24, 2.45) is 0 Å². The maximum atomic E-state index is 6.15. The zero-order valence-electron chi connectivity index (χ0n) is 19.5. The Morgan fingerprint density at radius 3 is 2.29 bits per heavy atom. The molecule has 164 valence electrons. The molecule has 0 atom stereocenters. The Labute approximate surface area is 186 Å². The van der Waals surface area contributed by atoms with E-state index in [1.165, 1.54) is 27.8 Å². The van der Waals surface area contributed by atoms with Crippen LogP contribution in [-0.2, 0) is 17.8 Å². The van der Waals surface area contributed by atoms with Gasteiger partial charge in [-0.15, -0.1) is 0 Å². The van der Waals surface area contributed by atoms with E-state index in [0.29, 0.717) is 6.61 Å². The molecule has 2 aromatic carbocycles. The van der Waals surface area contributed by atoms with Gasteiger partial charge in [-0.2, -0.15) is 0 Å². The molecular formula is C27H33NO3. The van der Waals surface area contributed by atoms with Crippen LogP contribution in [0.25, 0.3) is 0 Å². The van der Waals surface area contributed by atoms with Crippen molar-refractivity contribution in [3.05, 3.63) is 87.7 Å². The van der Waals surface area contributed by atoms with Crippen molar-refractivity contribution in [3.8, 4) is 11.5 Å². The number of hydrogen-bond acceptors (Lipinski definition) is 4. The summed E-state index contributed by atoms with van der Waals surface area (Å²) >= 11 is 0. The minimum Gasteiger partial charge on any atom is -0.489 e. The van der Waals surface area contributed by atoms with E-state index in [1.54, 1.807) is 7.11 Å². The summed E-state index contributed by atoms with van der Waals surface area (Å²) in [6.45, 7) is 11.5. The molecule has 0 amide bonds. The van der Waals surface area contributed by atoms with Crippen molar-refractivity contribution < 1.29 is 14.2 Å². The van der Waals surface area contributed by atoms with Gasteiger partial charge in [-0.3, -0.25) is 4.98 Å². The largest absolute Gasteiger partial charge is 0.489 e. The van der Waals surface area contributed by atoms with Crippen LogP contribution in [0.2, 0.25) is 0 Å². The molecular weight excluding hydrogens is 386 g/mol. The van der Waals surface area contributed by atoms with Crippen molar-refractivity contribution in [2.45, 2.75) is 53.6 Å². The number of ether oxygens (including phenoxy) is 3. The standard InChI is InChI=1S/C27H33NO3/c1-18(2)27-25(31-17-29-6)13-12-23(28-27)15-24-19(3)14-26(21(5)20(24)4)30-16-22-10-8-7-9-11-22/h7-14,18H,15-17H2,1-6H3. The first kappa shape index (κ1) is 22.8. The number of aryl methyl sites for hydroxylation is 1. The van der Waals surface area contributed by atoms with Crippen LogP contribution in [0, 0.1) is 20.8 Å². The Bertz CT molecular complexity index is 1010. The van der Waals surface area contributed by atoms with E-state index in [-0.39, 0.29) is 12.7 Å². The number of nitrogens with zero attached hydrogens (tertiary/aromatic N) is 1. The van der Waals surface area contributed by atoms with Crippen molar-refractivity contribution in [1.29, 1.82) is 0 Å². The fourth-order valence-electron chi connectivity index (χ4n) is 3.70. The summed E-state index contributed by atoms with van der Waals surface area (Å²) < 4.78 is 16.9. The second kappa shape index (κ2) is 10.5. The van der Waals surface area contributed by atoms with Crippen molar-refractivity contribution in [3.63, 3.8) is 0 Å². The number of aromatic nitrogens is 1. The highest BCUT2D eigenvalue weighted by Crippen LogP contribution is 2.31. The van der Waals surface area contributed by atoms with Crippen molar-refractivity contribution in [2.75, 3.05) is 13.9 Å². The molecule has 0 bridgehead atoms. The average Bonchev–Trinajstić information content (AvgIpc) is 2.77. The summed E-state index contributed by atoms with van der Waals surface area (Å²) in [6.07, 6.45) is 0.780. The molecule has 3 rings (SSSR count). The van der Waals surface area contributed by atoms with E-state index in [2.05, 4.69) is 52.8 Å². The average molecular weight is 420 g/mol. The topological polar surface area (TPSA) is 40.6 Å². The van der Waals surface area contributed by atoms with E-state index in [9.17, 15) is 0 Å². The maximum Gasteiger partial charge on any atom is 0.188 e. The van der Waals surface area contributed by atoms with E-state index in [1.807, 2.05) is 30.3 Å². The Balaban J connectivity index is 1.83. The lowest BCUT2D eigenvalue weighted by atomic mass is 9.93. The fraction of sp³-hybridized carbons (Fsp3) is 0.370. The lowest BCUT2D eigenvalue weighted by molar-refractivity contribution is 0.0499. The monoisotopic (exact) mass is 419 g/mol. The zero-order chi connectivity index (χ0) is 22.4. The second-order valence-corrected chi connectivity index (χ2v) is 8.26. The van der Waals surface area contributed by atoms with Crippen molar-refractivity contribution in [1.82, 2.24) is 4.98 Å². The Morgan fingerprint density at radius 1 is 0.871 bits per heavy atom. The van der Waals surface area contributed by atoms with Gasteiger partial charge in [0.05, 0.1) is 5.69 Å². The van der Waals surface area contributed by atoms with Gasteiger partial charge in [0.25, 0.3) is 0 Å². The molecule has 0 saturated carbocycles. The molecule has 0 saturated heterocycles. The van der Waals surface area contributed by atoms with E-state index in [0.717, 1.165) is 29.3 Å². The third kappa shape index (κ3) is 5.65. The zero-order valence-corrected chi connectivity index (χ0v) is 19.5. The van der Waals surface area contributed by atoms with Gasteiger partial charge in [0.2, 0.25) is 0 Å². The quantitative estimate of drug-likeness (QED) is 0.383. The normalized spacial score (nSPS) is 11.1. The van der Waals surface area contributed by atoms with Crippen LogP contribution in [0.15, 0.2) is 48.5 Å². The molecule has 1 aromatic heterocycles. The molecule has 3 aromatic rings. The lowest BCUT2D eigenvalue weighted by Crippen LogP contribution is -2.08. The first-order valence-electron chi connectivity index (χ1n) is 10.8. The lowest BCUT2D eigenvalue weighted by Gasteiger charge is -2.18. The SMILES string of the molecule is COCOc1ccc(Cc2c(C)cc(OCc3ccccc3)c(C)c2C)nc1C(C)C. The molecule has 0 aliphatic heterocycles. The molecule has 4 nitrogen and oxygen atoms in total. The summed E-state index contributed by atoms with van der Waals surface area (Å²) in [5, 5.41) is 0. The maximum absolute atomic E-state index is 6.15. The van der Waals surface area contributed by atoms with Gasteiger partial charge >= 0.3 is 0 Å². The highest BCUT2D eigenvalue weighted by atomic mass is 16.7. The van der Waals surface area contributed by atoms with Gasteiger partial charge in [-0.05, 0) is 72.7 Å². The minimum atomic E-state index is 0.225. The number of rotatable bonds is 9. The summed E-state index contributed by atoms with van der Waals surface area (Å²) in [5.41, 5.74) is 8.14. The van der Waals surface area contributed by atoms with Gasteiger partial charge in [-0.1, -0.05) is 44.2 Å². The number of methoxy groups -OCH3 is 1. The predicted octanol–water partition coefficient (Wildman–Crippen LogP) is 6.28. The van der Waals surface area contributed by atoms with Crippen LogP contribution < -0.4 is 9.47 Å². The first-order chi connectivity index (χ1) is 14.9. The Morgan fingerprint density at radius 2 is 1.61 bits per heavy atom. The molecule has 0 aliphatic carbocycles. The number of benzene rings is 2. The third-order valence-corrected chi connectivity index (χ3v) is 5.63. The Kier molecular flexibility index (Phi) is 7.69. The van der Waals surface area contributed by atoms with Crippen LogP contribution in [-0.4, -0.2) is 18.9 Å². The number of pyridine rings is 1. The van der Waals surface area contributed by atoms with Gasteiger partial charge in [0, 0.05) is 19.2 Å². The van der Waals surface area contributed by atoms with Crippen LogP contribution in [0.5, 0.6) is 11.5 Å². The summed E-state index contributed by atoms with van der Waals surface area (Å²) in [4.78, 5) is 4.92. The molecule has 0 N–H and O–H groups in total. The van der Waals surface area contributed by atoms with Gasteiger partial charge in [-0.25, -0.2) is 0 Å². The molecule has 0 unspecified atom stereocenters. The van der Waals surface area contributed by atoms with Crippen LogP contribution in [0.1, 0.15) is 59.0 Å². The summed E-state index contributed by atoms with van der Waals surface area (Å²) in [6, 6.07) is 16.5. The molecule has 31 heavy (non-hydrogen) atoms. The second-order valence-electron chi connectivity index (χ2n) is 8.26. The molecule has 0 aliphatic rings. The van der Waals surface area contributed by atoms with Crippen LogP contribution >= 0.6 is 0 Å². The molecule has 0 fully saturated rings. The summed E-state index contributed by atoms with van der Waals surface area (Å²) in [7, 11) is 1.62. The van der Waals surface area contributed by atoms with E-state index < -0.39 is 0 Å². The summed E-state index contributed by atoms with van der Waals surface area (Å²) in [5.74, 6) is 2.00. The van der Waals surface area contributed by atoms with Crippen molar-refractivity contribution >= 4 is 0 Å². The van der Waals surface area contributed by atoms with Gasteiger partial charge in [0.15, 0.2) is 6.79 Å². The van der Waals surface area contributed by atoms with E-state index >= 15 is 0 Å². The highest BCUT2D eigenvalue weighted by Gasteiger charge is 2.15. The number of hydrogen-bond donors (Lipinski definition) is 0. The Hall–Kier alpha value is -2.85. The minimum absolute atomic E-state index is 0.225. The van der Waals surface area contributed by atoms with E-state index in [4.69, 9.17) is 19.2 Å². The molecule has 1 heterocycles.